The summed E-state index contributed by atoms with van der Waals surface area (Å²) in [5.74, 6) is -0.359. The van der Waals surface area contributed by atoms with Gasteiger partial charge in [-0.25, -0.2) is 4.79 Å². The summed E-state index contributed by atoms with van der Waals surface area (Å²) >= 11 is 0. The van der Waals surface area contributed by atoms with Crippen LogP contribution in [0.15, 0.2) is 12.7 Å². The van der Waals surface area contributed by atoms with Crippen molar-refractivity contribution in [2.45, 2.75) is 6.92 Å². The Morgan fingerprint density at radius 3 is 2.09 bits per heavy atom. The quantitative estimate of drug-likeness (QED) is 0.442. The van der Waals surface area contributed by atoms with Crippen LogP contribution in [0.4, 0.5) is 0 Å². The zero-order valence-electron chi connectivity index (χ0n) is 6.62. The zero-order chi connectivity index (χ0) is 9.11. The van der Waals surface area contributed by atoms with Gasteiger partial charge in [-0.1, -0.05) is 6.58 Å². The average Bonchev–Trinajstić information content (AvgIpc) is 2.05. The second-order valence-corrected chi connectivity index (χ2v) is 1.40. The Hall–Kier alpha value is -0.870. The lowest BCUT2D eigenvalue weighted by atomic mass is 10.6. The summed E-state index contributed by atoms with van der Waals surface area (Å²) in [6.07, 6.45) is 1.14. The van der Waals surface area contributed by atoms with E-state index in [2.05, 4.69) is 11.3 Å². The SMILES string of the molecule is C=CC(=O)OCC.OCCO. The smallest absolute Gasteiger partial charge is 0.330 e. The first-order valence-corrected chi connectivity index (χ1v) is 3.23. The normalized spacial score (nSPS) is 7.55. The third kappa shape index (κ3) is 17.6. The Bertz CT molecular complexity index is 98.6. The predicted molar refractivity (Wildman–Crippen MR) is 41.0 cm³/mol. The fourth-order valence-corrected chi connectivity index (χ4v) is 0.201. The van der Waals surface area contributed by atoms with Crippen LogP contribution in [0, 0.1) is 0 Å². The molecule has 11 heavy (non-hydrogen) atoms. The maximum Gasteiger partial charge on any atom is 0.330 e. The molecule has 0 saturated carbocycles. The van der Waals surface area contributed by atoms with Gasteiger partial charge in [0.25, 0.3) is 0 Å². The van der Waals surface area contributed by atoms with Gasteiger partial charge in [0.15, 0.2) is 0 Å². The van der Waals surface area contributed by atoms with Crippen LogP contribution in [0.3, 0.4) is 0 Å². The maximum absolute atomic E-state index is 10.1. The van der Waals surface area contributed by atoms with Crippen molar-refractivity contribution in [1.29, 1.82) is 0 Å². The summed E-state index contributed by atoms with van der Waals surface area (Å²) in [5, 5.41) is 15.2. The van der Waals surface area contributed by atoms with Gasteiger partial charge in [0, 0.05) is 6.08 Å². The summed E-state index contributed by atoms with van der Waals surface area (Å²) in [7, 11) is 0. The standard InChI is InChI=1S/C5H8O2.C2H6O2/c1-3-5(6)7-4-2;3-1-2-4/h3H,1,4H2,2H3;3-4H,1-2H2. The molecule has 0 radical (unpaired) electrons. The second-order valence-electron chi connectivity index (χ2n) is 1.40. The highest BCUT2D eigenvalue weighted by Crippen LogP contribution is 1.74. The van der Waals surface area contributed by atoms with Crippen LogP contribution in [0.5, 0.6) is 0 Å². The van der Waals surface area contributed by atoms with Gasteiger partial charge in [-0.2, -0.15) is 0 Å². The molecule has 0 aliphatic rings. The molecule has 0 aromatic carbocycles. The van der Waals surface area contributed by atoms with Crippen LogP contribution in [-0.4, -0.2) is 36.0 Å². The van der Waals surface area contributed by atoms with Gasteiger partial charge in [-0.3, -0.25) is 0 Å². The van der Waals surface area contributed by atoms with Gasteiger partial charge in [-0.05, 0) is 6.92 Å². The monoisotopic (exact) mass is 162 g/mol. The number of carbonyl (C=O) groups is 1. The Balaban J connectivity index is 0. The van der Waals surface area contributed by atoms with E-state index in [1.54, 1.807) is 6.92 Å². The molecule has 0 aromatic heterocycles. The van der Waals surface area contributed by atoms with E-state index >= 15 is 0 Å². The Kier molecular flexibility index (Phi) is 13.8. The highest BCUT2D eigenvalue weighted by atomic mass is 16.5. The largest absolute Gasteiger partial charge is 0.463 e. The van der Waals surface area contributed by atoms with Crippen molar-refractivity contribution in [3.63, 3.8) is 0 Å². The molecular formula is C7H14O4. The maximum atomic E-state index is 10.1. The number of carbonyl (C=O) groups excluding carboxylic acids is 1. The molecule has 0 aromatic rings. The van der Waals surface area contributed by atoms with Crippen molar-refractivity contribution >= 4 is 5.97 Å². The summed E-state index contributed by atoms with van der Waals surface area (Å²) in [6, 6.07) is 0. The van der Waals surface area contributed by atoms with Gasteiger partial charge in [0.1, 0.15) is 0 Å². The third-order valence-corrected chi connectivity index (χ3v) is 0.553. The van der Waals surface area contributed by atoms with Crippen LogP contribution >= 0.6 is 0 Å². The first-order chi connectivity index (χ1) is 5.22. The molecule has 0 unspecified atom stereocenters. The summed E-state index contributed by atoms with van der Waals surface area (Å²) < 4.78 is 4.43. The van der Waals surface area contributed by atoms with Crippen molar-refractivity contribution in [3.05, 3.63) is 12.7 Å². The molecule has 0 saturated heterocycles. The number of aliphatic hydroxyl groups excluding tert-OH is 2. The van der Waals surface area contributed by atoms with E-state index < -0.39 is 0 Å². The summed E-state index contributed by atoms with van der Waals surface area (Å²) in [6.45, 7) is 5.13. The van der Waals surface area contributed by atoms with Gasteiger partial charge in [-0.15, -0.1) is 0 Å². The van der Waals surface area contributed by atoms with E-state index in [0.29, 0.717) is 6.61 Å². The van der Waals surface area contributed by atoms with Crippen molar-refractivity contribution in [2.75, 3.05) is 19.8 Å². The van der Waals surface area contributed by atoms with E-state index in [9.17, 15) is 4.79 Å². The molecule has 2 N–H and O–H groups in total. The molecule has 0 bridgehead atoms. The second kappa shape index (κ2) is 11.9. The van der Waals surface area contributed by atoms with Crippen LogP contribution < -0.4 is 0 Å². The van der Waals surface area contributed by atoms with Crippen molar-refractivity contribution in [2.24, 2.45) is 0 Å². The zero-order valence-corrected chi connectivity index (χ0v) is 6.62. The van der Waals surface area contributed by atoms with E-state index in [1.807, 2.05) is 0 Å². The van der Waals surface area contributed by atoms with Crippen LogP contribution in [0.2, 0.25) is 0 Å². The minimum Gasteiger partial charge on any atom is -0.463 e. The lowest BCUT2D eigenvalue weighted by molar-refractivity contribution is -0.137. The van der Waals surface area contributed by atoms with E-state index in [-0.39, 0.29) is 19.2 Å². The van der Waals surface area contributed by atoms with Crippen LogP contribution in [0.25, 0.3) is 0 Å². The lowest BCUT2D eigenvalue weighted by Crippen LogP contribution is -1.97. The number of aliphatic hydroxyl groups is 2. The number of hydrogen-bond donors (Lipinski definition) is 2. The Labute approximate surface area is 66.1 Å². The molecule has 0 fully saturated rings. The fourth-order valence-electron chi connectivity index (χ4n) is 0.201. The average molecular weight is 162 g/mol. The molecule has 4 nitrogen and oxygen atoms in total. The third-order valence-electron chi connectivity index (χ3n) is 0.553. The highest BCUT2D eigenvalue weighted by Gasteiger charge is 1.86. The highest BCUT2D eigenvalue weighted by molar-refractivity contribution is 5.81. The van der Waals surface area contributed by atoms with E-state index in [4.69, 9.17) is 10.2 Å². The molecule has 0 rings (SSSR count). The summed E-state index contributed by atoms with van der Waals surface area (Å²) in [4.78, 5) is 10.1. The van der Waals surface area contributed by atoms with Crippen LogP contribution in [0.1, 0.15) is 6.92 Å². The fraction of sp³-hybridized carbons (Fsp3) is 0.571. The molecule has 4 heteroatoms. The number of esters is 1. The number of ether oxygens (including phenoxy) is 1. The molecule has 0 spiro atoms. The molecule has 0 heterocycles. The molecular weight excluding hydrogens is 148 g/mol. The Morgan fingerprint density at radius 2 is 2.00 bits per heavy atom. The van der Waals surface area contributed by atoms with Gasteiger partial charge >= 0.3 is 5.97 Å². The minimum atomic E-state index is -0.359. The van der Waals surface area contributed by atoms with Crippen molar-refractivity contribution in [1.82, 2.24) is 0 Å². The van der Waals surface area contributed by atoms with Crippen molar-refractivity contribution < 1.29 is 19.7 Å². The molecule has 0 atom stereocenters. The van der Waals surface area contributed by atoms with Gasteiger partial charge < -0.3 is 14.9 Å². The van der Waals surface area contributed by atoms with Crippen LogP contribution in [-0.2, 0) is 9.53 Å². The van der Waals surface area contributed by atoms with Crippen molar-refractivity contribution in [3.8, 4) is 0 Å². The first-order valence-electron chi connectivity index (χ1n) is 3.23. The number of hydrogen-bond acceptors (Lipinski definition) is 4. The molecule has 0 aliphatic heterocycles. The number of rotatable bonds is 3. The predicted octanol–water partition coefficient (Wildman–Crippen LogP) is -0.294. The minimum absolute atomic E-state index is 0.125. The first kappa shape index (κ1) is 12.8. The van der Waals surface area contributed by atoms with Gasteiger partial charge in [0.2, 0.25) is 0 Å². The molecule has 66 valence electrons. The van der Waals surface area contributed by atoms with Gasteiger partial charge in [0.05, 0.1) is 19.8 Å². The Morgan fingerprint density at radius 1 is 1.55 bits per heavy atom. The summed E-state index contributed by atoms with van der Waals surface area (Å²) in [5.41, 5.74) is 0. The molecule has 0 amide bonds. The lowest BCUT2D eigenvalue weighted by Gasteiger charge is -1.90. The topological polar surface area (TPSA) is 66.8 Å². The molecule has 0 aliphatic carbocycles. The van der Waals surface area contributed by atoms with E-state index in [0.717, 1.165) is 6.08 Å². The van der Waals surface area contributed by atoms with E-state index in [1.165, 1.54) is 0 Å².